The van der Waals surface area contributed by atoms with E-state index in [1.165, 1.54) is 17.7 Å². The van der Waals surface area contributed by atoms with Crippen molar-refractivity contribution in [1.29, 1.82) is 0 Å². The molecule has 3 rings (SSSR count). The highest BCUT2D eigenvalue weighted by Crippen LogP contribution is 2.47. The molecule has 0 atom stereocenters. The van der Waals surface area contributed by atoms with Crippen LogP contribution in [0.25, 0.3) is 0 Å². The second-order valence-electron chi connectivity index (χ2n) is 6.50. The zero-order valence-corrected chi connectivity index (χ0v) is 15.8. The lowest BCUT2D eigenvalue weighted by Crippen LogP contribution is -2.35. The molecule has 0 spiro atoms. The maximum atomic E-state index is 12.2. The monoisotopic (exact) mass is 392 g/mol. The highest BCUT2D eigenvalue weighted by molar-refractivity contribution is 7.89. The van der Waals surface area contributed by atoms with E-state index in [1.54, 1.807) is 12.1 Å². The number of hydrogen-bond donors (Lipinski definition) is 2. The Morgan fingerprint density at radius 1 is 1.04 bits per heavy atom. The average molecular weight is 393 g/mol. The largest absolute Gasteiger partial charge is 0.355 e. The fourth-order valence-electron chi connectivity index (χ4n) is 2.91. The Morgan fingerprint density at radius 2 is 1.69 bits per heavy atom. The molecule has 2 aromatic carbocycles. The Balaban J connectivity index is 1.47. The van der Waals surface area contributed by atoms with Crippen molar-refractivity contribution in [3.63, 3.8) is 0 Å². The predicted molar refractivity (Wildman–Crippen MR) is 102 cm³/mol. The minimum atomic E-state index is -3.72. The van der Waals surface area contributed by atoms with Gasteiger partial charge in [-0.1, -0.05) is 54.1 Å². The number of nitrogens with one attached hydrogen (secondary N) is 2. The minimum absolute atomic E-state index is 0.0167. The van der Waals surface area contributed by atoms with Gasteiger partial charge in [0, 0.05) is 24.9 Å². The van der Waals surface area contributed by atoms with E-state index in [-0.39, 0.29) is 34.2 Å². The van der Waals surface area contributed by atoms with Gasteiger partial charge in [0.15, 0.2) is 0 Å². The van der Waals surface area contributed by atoms with Crippen LogP contribution in [0.15, 0.2) is 59.5 Å². The van der Waals surface area contributed by atoms with Crippen LogP contribution in [0, 0.1) is 0 Å². The van der Waals surface area contributed by atoms with Crippen LogP contribution in [0.4, 0.5) is 0 Å². The highest BCUT2D eigenvalue weighted by Gasteiger charge is 2.44. The summed E-state index contributed by atoms with van der Waals surface area (Å²) in [5.74, 6) is -0.172. The summed E-state index contributed by atoms with van der Waals surface area (Å²) in [7, 11) is -3.72. The number of carbonyl (C=O) groups is 1. The van der Waals surface area contributed by atoms with Crippen molar-refractivity contribution in [2.75, 3.05) is 13.1 Å². The maximum Gasteiger partial charge on any atom is 0.242 e. The zero-order valence-electron chi connectivity index (χ0n) is 14.2. The van der Waals surface area contributed by atoms with Gasteiger partial charge in [-0.15, -0.1) is 0 Å². The van der Waals surface area contributed by atoms with Gasteiger partial charge in [-0.25, -0.2) is 13.1 Å². The van der Waals surface area contributed by atoms with E-state index in [1.807, 2.05) is 18.2 Å². The first kappa shape index (κ1) is 18.9. The normalized spacial score (nSPS) is 15.4. The Hall–Kier alpha value is -1.89. The molecule has 0 heterocycles. The summed E-state index contributed by atoms with van der Waals surface area (Å²) in [5, 5.41) is 3.08. The number of amides is 1. The van der Waals surface area contributed by atoms with Crippen molar-refractivity contribution < 1.29 is 13.2 Å². The molecule has 1 saturated carbocycles. The number of halogens is 1. The van der Waals surface area contributed by atoms with E-state index in [0.717, 1.165) is 12.8 Å². The summed E-state index contributed by atoms with van der Waals surface area (Å²) in [6, 6.07) is 16.3. The first-order valence-corrected chi connectivity index (χ1v) is 10.4. The summed E-state index contributed by atoms with van der Waals surface area (Å²) >= 11 is 5.92. The van der Waals surface area contributed by atoms with Crippen LogP contribution in [0.3, 0.4) is 0 Å². The van der Waals surface area contributed by atoms with E-state index >= 15 is 0 Å². The van der Waals surface area contributed by atoms with Crippen molar-refractivity contribution in [1.82, 2.24) is 10.0 Å². The number of benzene rings is 2. The number of rotatable bonds is 8. The molecular formula is C19H21ClN2O3S. The molecule has 7 heteroatoms. The van der Waals surface area contributed by atoms with Gasteiger partial charge in [0.05, 0.1) is 5.02 Å². The van der Waals surface area contributed by atoms with E-state index in [0.29, 0.717) is 6.54 Å². The number of hydrogen-bond acceptors (Lipinski definition) is 3. The van der Waals surface area contributed by atoms with Crippen molar-refractivity contribution in [3.8, 4) is 0 Å². The summed E-state index contributed by atoms with van der Waals surface area (Å²) < 4.78 is 26.9. The molecule has 26 heavy (non-hydrogen) atoms. The Morgan fingerprint density at radius 3 is 2.35 bits per heavy atom. The molecule has 1 amide bonds. The number of carbonyl (C=O) groups excluding carboxylic acids is 1. The third-order valence-corrected chi connectivity index (χ3v) is 6.59. The second kappa shape index (κ2) is 7.78. The molecule has 1 aliphatic rings. The van der Waals surface area contributed by atoms with Crippen LogP contribution in [-0.4, -0.2) is 27.4 Å². The molecule has 0 radical (unpaired) electrons. The fourth-order valence-corrected chi connectivity index (χ4v) is 4.45. The highest BCUT2D eigenvalue weighted by atomic mass is 35.5. The van der Waals surface area contributed by atoms with Crippen molar-refractivity contribution in [2.24, 2.45) is 0 Å². The molecule has 0 aliphatic heterocycles. The average Bonchev–Trinajstić information content (AvgIpc) is 3.42. The van der Waals surface area contributed by atoms with Crippen LogP contribution in [0.5, 0.6) is 0 Å². The van der Waals surface area contributed by atoms with Gasteiger partial charge in [-0.05, 0) is 30.5 Å². The standard InChI is InChI=1S/C19H21ClN2O3S/c20-16-8-4-5-9-17(16)26(24,25)22-13-10-18(23)21-14-19(11-12-19)15-6-2-1-3-7-15/h1-9,22H,10-14H2,(H,21,23). The zero-order chi connectivity index (χ0) is 18.6. The summed E-state index contributed by atoms with van der Waals surface area (Å²) in [5.41, 5.74) is 1.27. The predicted octanol–water partition coefficient (Wildman–Crippen LogP) is 2.86. The Kier molecular flexibility index (Phi) is 5.65. The minimum Gasteiger partial charge on any atom is -0.355 e. The van der Waals surface area contributed by atoms with E-state index < -0.39 is 10.0 Å². The van der Waals surface area contributed by atoms with Crippen LogP contribution in [0.1, 0.15) is 24.8 Å². The van der Waals surface area contributed by atoms with Crippen molar-refractivity contribution in [3.05, 3.63) is 65.2 Å². The summed E-state index contributed by atoms with van der Waals surface area (Å²) in [6.07, 6.45) is 2.18. The molecule has 0 unspecified atom stereocenters. The molecule has 1 fully saturated rings. The SMILES string of the molecule is O=C(CCNS(=O)(=O)c1ccccc1Cl)NCC1(c2ccccc2)CC1. The Bertz CT molecular complexity index is 881. The van der Waals surface area contributed by atoms with E-state index in [4.69, 9.17) is 11.6 Å². The van der Waals surface area contributed by atoms with Gasteiger partial charge in [0.1, 0.15) is 4.90 Å². The maximum absolute atomic E-state index is 12.2. The molecule has 138 valence electrons. The third-order valence-electron chi connectivity index (χ3n) is 4.63. The van der Waals surface area contributed by atoms with Gasteiger partial charge in [-0.2, -0.15) is 0 Å². The van der Waals surface area contributed by atoms with Crippen LogP contribution in [0.2, 0.25) is 5.02 Å². The quantitative estimate of drug-likeness (QED) is 0.725. The van der Waals surface area contributed by atoms with Crippen LogP contribution < -0.4 is 10.0 Å². The lowest BCUT2D eigenvalue weighted by Gasteiger charge is -2.16. The molecule has 0 aromatic heterocycles. The molecule has 0 saturated heterocycles. The Labute approximate surface area is 158 Å². The van der Waals surface area contributed by atoms with Crippen LogP contribution >= 0.6 is 11.6 Å². The molecule has 5 nitrogen and oxygen atoms in total. The van der Waals surface area contributed by atoms with Gasteiger partial charge >= 0.3 is 0 Å². The molecule has 2 N–H and O–H groups in total. The molecule has 0 bridgehead atoms. The van der Waals surface area contributed by atoms with Crippen LogP contribution in [-0.2, 0) is 20.2 Å². The third kappa shape index (κ3) is 4.44. The lowest BCUT2D eigenvalue weighted by molar-refractivity contribution is -0.121. The van der Waals surface area contributed by atoms with Gasteiger partial charge in [0.25, 0.3) is 0 Å². The fraction of sp³-hybridized carbons (Fsp3) is 0.316. The first-order valence-electron chi connectivity index (χ1n) is 8.49. The van der Waals surface area contributed by atoms with Crippen molar-refractivity contribution >= 4 is 27.5 Å². The van der Waals surface area contributed by atoms with Crippen molar-refractivity contribution in [2.45, 2.75) is 29.6 Å². The first-order chi connectivity index (χ1) is 12.4. The molecular weight excluding hydrogens is 372 g/mol. The topological polar surface area (TPSA) is 75.3 Å². The summed E-state index contributed by atoms with van der Waals surface area (Å²) in [6.45, 7) is 0.602. The second-order valence-corrected chi connectivity index (χ2v) is 8.64. The van der Waals surface area contributed by atoms with E-state index in [2.05, 4.69) is 22.2 Å². The molecule has 2 aromatic rings. The lowest BCUT2D eigenvalue weighted by atomic mass is 9.96. The number of sulfonamides is 1. The van der Waals surface area contributed by atoms with Gasteiger partial charge in [-0.3, -0.25) is 4.79 Å². The molecule has 1 aliphatic carbocycles. The van der Waals surface area contributed by atoms with Gasteiger partial charge < -0.3 is 5.32 Å². The van der Waals surface area contributed by atoms with E-state index in [9.17, 15) is 13.2 Å². The van der Waals surface area contributed by atoms with Gasteiger partial charge in [0.2, 0.25) is 15.9 Å². The smallest absolute Gasteiger partial charge is 0.242 e. The summed E-state index contributed by atoms with van der Waals surface area (Å²) in [4.78, 5) is 12.1.